The first-order valence-corrected chi connectivity index (χ1v) is 5.93. The summed E-state index contributed by atoms with van der Waals surface area (Å²) in [5.41, 5.74) is 5.75. The Morgan fingerprint density at radius 3 is 2.52 bits per heavy atom. The topological polar surface area (TPSA) is 129 Å². The van der Waals surface area contributed by atoms with Crippen molar-refractivity contribution < 1.29 is 14.7 Å². The molecule has 0 radical (unpaired) electrons. The molecule has 0 saturated heterocycles. The molecule has 2 rings (SSSR count). The number of aliphatic carboxylic acids is 1. The number of anilines is 2. The Kier molecular flexibility index (Phi) is 3.98. The van der Waals surface area contributed by atoms with Gasteiger partial charge in [0.25, 0.3) is 11.5 Å². The number of nitrogens with one attached hydrogen (secondary N) is 1. The minimum atomic E-state index is -1.20. The maximum atomic E-state index is 12.4. The van der Waals surface area contributed by atoms with Crippen molar-refractivity contribution in [2.24, 2.45) is 0 Å². The molecule has 21 heavy (non-hydrogen) atoms. The van der Waals surface area contributed by atoms with Gasteiger partial charge >= 0.3 is 5.97 Å². The number of carbonyl (C=O) groups is 2. The van der Waals surface area contributed by atoms with Crippen LogP contribution in [0.1, 0.15) is 10.5 Å². The molecule has 1 amide bonds. The lowest BCUT2D eigenvalue weighted by atomic mass is 10.2. The first kappa shape index (κ1) is 14.3. The Balaban J connectivity index is 2.43. The van der Waals surface area contributed by atoms with Crippen LogP contribution in [-0.2, 0) is 4.79 Å². The number of nitrogens with zero attached hydrogens (tertiary/aromatic N) is 2. The number of amides is 1. The van der Waals surface area contributed by atoms with Crippen LogP contribution < -0.4 is 16.2 Å². The van der Waals surface area contributed by atoms with E-state index in [0.717, 1.165) is 11.0 Å². The second-order valence-electron chi connectivity index (χ2n) is 4.15. The van der Waals surface area contributed by atoms with Crippen molar-refractivity contribution in [3.8, 4) is 0 Å². The van der Waals surface area contributed by atoms with Crippen molar-refractivity contribution in [3.63, 3.8) is 0 Å². The van der Waals surface area contributed by atoms with E-state index in [0.29, 0.717) is 0 Å². The highest BCUT2D eigenvalue weighted by molar-refractivity contribution is 6.08. The zero-order valence-corrected chi connectivity index (χ0v) is 10.8. The Hall–Kier alpha value is -3.16. The lowest BCUT2D eigenvalue weighted by molar-refractivity contribution is -0.135. The molecule has 0 saturated carbocycles. The SMILES string of the molecule is Nc1ccccc1N(CC(=O)O)C(=O)c1ccc(=O)[nH]n1. The summed E-state index contributed by atoms with van der Waals surface area (Å²) in [5, 5.41) is 14.7. The summed E-state index contributed by atoms with van der Waals surface area (Å²) in [6.45, 7) is -0.576. The van der Waals surface area contributed by atoms with Crippen LogP contribution in [0.2, 0.25) is 0 Å². The van der Waals surface area contributed by atoms with Crippen LogP contribution in [0, 0.1) is 0 Å². The maximum Gasteiger partial charge on any atom is 0.323 e. The smallest absolute Gasteiger partial charge is 0.323 e. The number of carboxylic acids is 1. The summed E-state index contributed by atoms with van der Waals surface area (Å²) in [5.74, 6) is -1.87. The molecule has 0 atom stereocenters. The van der Waals surface area contributed by atoms with Crippen LogP contribution in [-0.4, -0.2) is 33.7 Å². The number of nitrogen functional groups attached to an aromatic ring is 1. The number of carbonyl (C=O) groups excluding carboxylic acids is 1. The molecule has 0 unspecified atom stereocenters. The molecular weight excluding hydrogens is 276 g/mol. The van der Waals surface area contributed by atoms with Gasteiger partial charge in [0.2, 0.25) is 0 Å². The van der Waals surface area contributed by atoms with Gasteiger partial charge in [-0.3, -0.25) is 19.3 Å². The number of carboxylic acid groups (broad SMARTS) is 1. The summed E-state index contributed by atoms with van der Waals surface area (Å²) >= 11 is 0. The van der Waals surface area contributed by atoms with Crippen molar-refractivity contribution in [1.29, 1.82) is 0 Å². The zero-order chi connectivity index (χ0) is 15.4. The molecule has 2 aromatic rings. The van der Waals surface area contributed by atoms with E-state index < -0.39 is 24.0 Å². The van der Waals surface area contributed by atoms with Crippen LogP contribution in [0.25, 0.3) is 0 Å². The summed E-state index contributed by atoms with van der Waals surface area (Å²) < 4.78 is 0. The molecule has 0 aliphatic heterocycles. The molecule has 0 spiro atoms. The summed E-state index contributed by atoms with van der Waals surface area (Å²) in [4.78, 5) is 35.3. The fraction of sp³-hybridized carbons (Fsp3) is 0.0769. The second kappa shape index (κ2) is 5.87. The highest BCUT2D eigenvalue weighted by Gasteiger charge is 2.23. The molecule has 0 fully saturated rings. The molecule has 8 nitrogen and oxygen atoms in total. The molecule has 0 aliphatic carbocycles. The van der Waals surface area contributed by atoms with Gasteiger partial charge < -0.3 is 10.8 Å². The monoisotopic (exact) mass is 288 g/mol. The normalized spacial score (nSPS) is 10.1. The van der Waals surface area contributed by atoms with Crippen LogP contribution >= 0.6 is 0 Å². The fourth-order valence-corrected chi connectivity index (χ4v) is 1.74. The molecule has 1 aromatic heterocycles. The largest absolute Gasteiger partial charge is 0.480 e. The van der Waals surface area contributed by atoms with E-state index in [9.17, 15) is 14.4 Å². The second-order valence-corrected chi connectivity index (χ2v) is 4.15. The first-order chi connectivity index (χ1) is 9.99. The van der Waals surface area contributed by atoms with Gasteiger partial charge in [-0.1, -0.05) is 12.1 Å². The van der Waals surface area contributed by atoms with Gasteiger partial charge in [0, 0.05) is 6.07 Å². The number of H-pyrrole nitrogens is 1. The standard InChI is InChI=1S/C13H12N4O4/c14-8-3-1-2-4-10(8)17(7-12(19)20)13(21)9-5-6-11(18)16-15-9/h1-6H,7,14H2,(H,16,18)(H,19,20). The van der Waals surface area contributed by atoms with E-state index in [-0.39, 0.29) is 17.1 Å². The van der Waals surface area contributed by atoms with Gasteiger partial charge in [0.15, 0.2) is 0 Å². The maximum absolute atomic E-state index is 12.4. The number of benzene rings is 1. The Morgan fingerprint density at radius 1 is 1.24 bits per heavy atom. The number of hydrogen-bond acceptors (Lipinski definition) is 5. The molecule has 8 heteroatoms. The Morgan fingerprint density at radius 2 is 1.95 bits per heavy atom. The quantitative estimate of drug-likeness (QED) is 0.683. The minimum Gasteiger partial charge on any atom is -0.480 e. The van der Waals surface area contributed by atoms with E-state index >= 15 is 0 Å². The fourth-order valence-electron chi connectivity index (χ4n) is 1.74. The highest BCUT2D eigenvalue weighted by Crippen LogP contribution is 2.23. The van der Waals surface area contributed by atoms with E-state index in [2.05, 4.69) is 10.2 Å². The van der Waals surface area contributed by atoms with Crippen molar-refractivity contribution in [2.45, 2.75) is 0 Å². The molecule has 1 aromatic carbocycles. The van der Waals surface area contributed by atoms with Gasteiger partial charge in [0.1, 0.15) is 12.2 Å². The molecule has 108 valence electrons. The van der Waals surface area contributed by atoms with Crippen molar-refractivity contribution in [1.82, 2.24) is 10.2 Å². The van der Waals surface area contributed by atoms with Crippen molar-refractivity contribution in [3.05, 3.63) is 52.4 Å². The zero-order valence-electron chi connectivity index (χ0n) is 10.8. The average molecular weight is 288 g/mol. The van der Waals surface area contributed by atoms with Crippen molar-refractivity contribution in [2.75, 3.05) is 17.2 Å². The summed E-state index contributed by atoms with van der Waals surface area (Å²) in [6, 6.07) is 8.73. The number of rotatable bonds is 4. The van der Waals surface area contributed by atoms with Crippen LogP contribution in [0.5, 0.6) is 0 Å². The van der Waals surface area contributed by atoms with E-state index in [1.165, 1.54) is 12.1 Å². The minimum absolute atomic E-state index is 0.0842. The predicted molar refractivity (Wildman–Crippen MR) is 75.0 cm³/mol. The van der Waals surface area contributed by atoms with E-state index in [1.807, 2.05) is 0 Å². The lowest BCUT2D eigenvalue weighted by Crippen LogP contribution is -2.37. The Labute approximate surface area is 118 Å². The van der Waals surface area contributed by atoms with Crippen molar-refractivity contribution >= 4 is 23.3 Å². The lowest BCUT2D eigenvalue weighted by Gasteiger charge is -2.21. The van der Waals surface area contributed by atoms with Gasteiger partial charge in [-0.2, -0.15) is 5.10 Å². The average Bonchev–Trinajstić information content (AvgIpc) is 2.45. The molecule has 0 aliphatic rings. The van der Waals surface area contributed by atoms with E-state index in [4.69, 9.17) is 10.8 Å². The number of nitrogens with two attached hydrogens (primary N) is 1. The van der Waals surface area contributed by atoms with Crippen LogP contribution in [0.15, 0.2) is 41.2 Å². The molecule has 1 heterocycles. The van der Waals surface area contributed by atoms with Crippen LogP contribution in [0.4, 0.5) is 11.4 Å². The number of para-hydroxylation sites is 2. The highest BCUT2D eigenvalue weighted by atomic mass is 16.4. The number of aromatic nitrogens is 2. The third-order valence-electron chi connectivity index (χ3n) is 2.66. The predicted octanol–water partition coefficient (Wildman–Crippen LogP) is 0.0835. The Bertz CT molecular complexity index is 720. The molecule has 0 bridgehead atoms. The van der Waals surface area contributed by atoms with Crippen LogP contribution in [0.3, 0.4) is 0 Å². The van der Waals surface area contributed by atoms with Gasteiger partial charge in [-0.05, 0) is 18.2 Å². The van der Waals surface area contributed by atoms with E-state index in [1.54, 1.807) is 18.2 Å². The van der Waals surface area contributed by atoms with Gasteiger partial charge in [0.05, 0.1) is 11.4 Å². The summed E-state index contributed by atoms with van der Waals surface area (Å²) in [6.07, 6.45) is 0. The van der Waals surface area contributed by atoms with Gasteiger partial charge in [-0.15, -0.1) is 0 Å². The number of hydrogen-bond donors (Lipinski definition) is 3. The molecular formula is C13H12N4O4. The molecule has 4 N–H and O–H groups in total. The van der Waals surface area contributed by atoms with Gasteiger partial charge in [-0.25, -0.2) is 5.10 Å². The third-order valence-corrected chi connectivity index (χ3v) is 2.66. The third kappa shape index (κ3) is 3.24. The number of aromatic amines is 1. The summed E-state index contributed by atoms with van der Waals surface area (Å²) in [7, 11) is 0. The first-order valence-electron chi connectivity index (χ1n) is 5.93.